The number of ether oxygens (including phenoxy) is 2. The maximum Gasteiger partial charge on any atom is 0.416 e. The quantitative estimate of drug-likeness (QED) is 0.385. The Hall–Kier alpha value is -4.02. The highest BCUT2D eigenvalue weighted by Gasteiger charge is 2.37. The smallest absolute Gasteiger partial charge is 0.416 e. The number of hydrogen-bond donors (Lipinski definition) is 0. The summed E-state index contributed by atoms with van der Waals surface area (Å²) >= 11 is 0. The number of benzene rings is 3. The van der Waals surface area contributed by atoms with Gasteiger partial charge in [-0.05, 0) is 47.0 Å². The number of rotatable bonds is 4. The Morgan fingerprint density at radius 2 is 1.27 bits per heavy atom. The van der Waals surface area contributed by atoms with Crippen molar-refractivity contribution < 1.29 is 40.6 Å². The normalized spacial score (nSPS) is 14.1. The number of halogens is 6. The van der Waals surface area contributed by atoms with Crippen LogP contribution < -0.4 is 9.47 Å². The van der Waals surface area contributed by atoms with Gasteiger partial charge in [0.25, 0.3) is 0 Å². The zero-order chi connectivity index (χ0) is 27.1. The fraction of sp³-hybridized carbons (Fsp3) is 0.231. The number of methoxy groups -OCH3 is 2. The molecule has 0 aromatic heterocycles. The maximum atomic E-state index is 13.3. The SMILES string of the molecule is COc1cc2c(cc1OC)C(c1ccc(-c3cc(C(F)(F)F)cc(C(F)(F)F)c3)cc1)=NN(C)C(=O)C2. The van der Waals surface area contributed by atoms with Crippen LogP contribution in [-0.4, -0.2) is 37.9 Å². The Balaban J connectivity index is 1.82. The molecule has 5 nitrogen and oxygen atoms in total. The van der Waals surface area contributed by atoms with Crippen LogP contribution in [-0.2, 0) is 23.6 Å². The van der Waals surface area contributed by atoms with Gasteiger partial charge in [0.2, 0.25) is 5.91 Å². The summed E-state index contributed by atoms with van der Waals surface area (Å²) in [5, 5.41) is 5.57. The van der Waals surface area contributed by atoms with Gasteiger partial charge in [-0.2, -0.15) is 31.4 Å². The zero-order valence-corrected chi connectivity index (χ0v) is 19.8. The Kier molecular flexibility index (Phi) is 6.66. The van der Waals surface area contributed by atoms with Crippen molar-refractivity contribution in [1.82, 2.24) is 5.01 Å². The fourth-order valence-corrected chi connectivity index (χ4v) is 3.98. The van der Waals surface area contributed by atoms with Crippen LogP contribution in [0.25, 0.3) is 11.1 Å². The minimum atomic E-state index is -4.95. The Morgan fingerprint density at radius 1 is 0.757 bits per heavy atom. The standard InChI is InChI=1S/C26H20F6N2O3/c1-34-23(35)11-17-10-21(36-2)22(37-3)13-20(17)24(33-34)15-6-4-14(5-7-15)16-8-18(25(27,28)29)12-19(9-16)26(30,31)32/h4-10,12-13H,11H2,1-3H3. The fourth-order valence-electron chi connectivity index (χ4n) is 3.98. The molecule has 0 bridgehead atoms. The molecular weight excluding hydrogens is 502 g/mol. The van der Waals surface area contributed by atoms with Gasteiger partial charge in [0.05, 0.1) is 37.5 Å². The summed E-state index contributed by atoms with van der Waals surface area (Å²) in [6.45, 7) is 0. The van der Waals surface area contributed by atoms with E-state index in [1.54, 1.807) is 12.1 Å². The minimum Gasteiger partial charge on any atom is -0.493 e. The van der Waals surface area contributed by atoms with E-state index in [0.29, 0.717) is 46.0 Å². The van der Waals surface area contributed by atoms with Gasteiger partial charge in [0, 0.05) is 18.2 Å². The van der Waals surface area contributed by atoms with Crippen molar-refractivity contribution in [2.75, 3.05) is 21.3 Å². The molecule has 194 valence electrons. The first kappa shape index (κ1) is 26.1. The van der Waals surface area contributed by atoms with E-state index in [-0.39, 0.29) is 29.5 Å². The number of likely N-dealkylation sites (N-methyl/N-ethyl adjacent to an activating group) is 1. The molecule has 1 amide bonds. The molecule has 1 heterocycles. The molecule has 0 N–H and O–H groups in total. The molecule has 11 heteroatoms. The van der Waals surface area contributed by atoms with Gasteiger partial charge < -0.3 is 9.47 Å². The van der Waals surface area contributed by atoms with E-state index in [9.17, 15) is 31.1 Å². The van der Waals surface area contributed by atoms with Crippen LogP contribution in [0, 0.1) is 0 Å². The molecule has 37 heavy (non-hydrogen) atoms. The van der Waals surface area contributed by atoms with Gasteiger partial charge in [0.15, 0.2) is 11.5 Å². The number of hydrazone groups is 1. The van der Waals surface area contributed by atoms with Gasteiger partial charge in [-0.25, -0.2) is 5.01 Å². The van der Waals surface area contributed by atoms with Crippen LogP contribution in [0.15, 0.2) is 59.7 Å². The number of alkyl halides is 6. The van der Waals surface area contributed by atoms with Crippen molar-refractivity contribution in [3.05, 3.63) is 82.4 Å². The highest BCUT2D eigenvalue weighted by molar-refractivity contribution is 6.15. The van der Waals surface area contributed by atoms with Crippen LogP contribution >= 0.6 is 0 Å². The van der Waals surface area contributed by atoms with Crippen molar-refractivity contribution in [2.45, 2.75) is 18.8 Å². The van der Waals surface area contributed by atoms with Crippen molar-refractivity contribution in [3.8, 4) is 22.6 Å². The van der Waals surface area contributed by atoms with Gasteiger partial charge in [-0.15, -0.1) is 0 Å². The Morgan fingerprint density at radius 3 is 1.78 bits per heavy atom. The third kappa shape index (κ3) is 5.25. The molecule has 0 atom stereocenters. The summed E-state index contributed by atoms with van der Waals surface area (Å²) in [6.07, 6.45) is -9.88. The van der Waals surface area contributed by atoms with E-state index in [0.717, 1.165) is 0 Å². The number of fused-ring (bicyclic) bond motifs is 1. The van der Waals surface area contributed by atoms with Gasteiger partial charge in [-0.3, -0.25) is 4.79 Å². The Labute approximate surface area is 207 Å². The summed E-state index contributed by atoms with van der Waals surface area (Å²) in [5.74, 6) is 0.522. The average Bonchev–Trinajstić information content (AvgIpc) is 2.97. The average molecular weight is 522 g/mol. The molecule has 1 aliphatic heterocycles. The van der Waals surface area contributed by atoms with Gasteiger partial charge in [0.1, 0.15) is 0 Å². The molecule has 3 aromatic carbocycles. The Bertz CT molecular complexity index is 1350. The van der Waals surface area contributed by atoms with E-state index in [1.807, 2.05) is 0 Å². The summed E-state index contributed by atoms with van der Waals surface area (Å²) in [6, 6.07) is 10.6. The second-order valence-corrected chi connectivity index (χ2v) is 8.28. The monoisotopic (exact) mass is 522 g/mol. The maximum absolute atomic E-state index is 13.3. The number of carbonyl (C=O) groups is 1. The molecule has 0 aliphatic carbocycles. The second kappa shape index (κ2) is 9.45. The number of hydrogen-bond acceptors (Lipinski definition) is 4. The van der Waals surface area contributed by atoms with Crippen LogP contribution in [0.1, 0.15) is 27.8 Å². The molecule has 0 saturated carbocycles. The summed E-state index contributed by atoms with van der Waals surface area (Å²) in [5.41, 5.74) is -0.849. The third-order valence-electron chi connectivity index (χ3n) is 5.90. The lowest BCUT2D eigenvalue weighted by atomic mass is 9.93. The summed E-state index contributed by atoms with van der Waals surface area (Å²) < 4.78 is 90.4. The van der Waals surface area contributed by atoms with E-state index < -0.39 is 23.5 Å². The lowest BCUT2D eigenvalue weighted by Gasteiger charge is -2.16. The van der Waals surface area contributed by atoms with Crippen molar-refractivity contribution >= 4 is 11.6 Å². The first-order valence-corrected chi connectivity index (χ1v) is 10.8. The van der Waals surface area contributed by atoms with Crippen LogP contribution in [0.2, 0.25) is 0 Å². The first-order chi connectivity index (χ1) is 17.3. The lowest BCUT2D eigenvalue weighted by molar-refractivity contribution is -0.143. The second-order valence-electron chi connectivity index (χ2n) is 8.28. The molecule has 0 spiro atoms. The lowest BCUT2D eigenvalue weighted by Crippen LogP contribution is -2.22. The predicted molar refractivity (Wildman–Crippen MR) is 124 cm³/mol. The largest absolute Gasteiger partial charge is 0.493 e. The number of nitrogens with zero attached hydrogens (tertiary/aromatic N) is 2. The van der Waals surface area contributed by atoms with E-state index in [2.05, 4.69) is 5.10 Å². The van der Waals surface area contributed by atoms with Crippen LogP contribution in [0.3, 0.4) is 0 Å². The topological polar surface area (TPSA) is 51.1 Å². The molecule has 0 unspecified atom stereocenters. The van der Waals surface area contributed by atoms with Crippen molar-refractivity contribution in [3.63, 3.8) is 0 Å². The molecule has 0 radical (unpaired) electrons. The predicted octanol–water partition coefficient (Wildman–Crippen LogP) is 6.18. The third-order valence-corrected chi connectivity index (χ3v) is 5.90. The number of amides is 1. The van der Waals surface area contributed by atoms with Crippen LogP contribution in [0.5, 0.6) is 11.5 Å². The summed E-state index contributed by atoms with van der Waals surface area (Å²) in [4.78, 5) is 12.5. The minimum absolute atomic E-state index is 0.0295. The molecule has 1 aliphatic rings. The zero-order valence-electron chi connectivity index (χ0n) is 19.8. The highest BCUT2D eigenvalue weighted by atomic mass is 19.4. The van der Waals surface area contributed by atoms with Gasteiger partial charge in [-0.1, -0.05) is 24.3 Å². The van der Waals surface area contributed by atoms with Crippen LogP contribution in [0.4, 0.5) is 26.3 Å². The molecular formula is C26H20F6N2O3. The molecule has 0 fully saturated rings. The van der Waals surface area contributed by atoms with E-state index in [4.69, 9.17) is 9.47 Å². The van der Waals surface area contributed by atoms with E-state index >= 15 is 0 Å². The van der Waals surface area contributed by atoms with Crippen molar-refractivity contribution in [2.24, 2.45) is 5.10 Å². The highest BCUT2D eigenvalue weighted by Crippen LogP contribution is 2.39. The van der Waals surface area contributed by atoms with Gasteiger partial charge >= 0.3 is 12.4 Å². The van der Waals surface area contributed by atoms with Crippen molar-refractivity contribution in [1.29, 1.82) is 0 Å². The molecule has 3 aromatic rings. The molecule has 0 saturated heterocycles. The summed E-state index contributed by atoms with van der Waals surface area (Å²) in [7, 11) is 4.40. The van der Waals surface area contributed by atoms with E-state index in [1.165, 1.54) is 50.5 Å². The molecule has 4 rings (SSSR count). The first-order valence-electron chi connectivity index (χ1n) is 10.8. The number of carbonyl (C=O) groups excluding carboxylic acids is 1.